The van der Waals surface area contributed by atoms with Gasteiger partial charge >= 0.3 is 0 Å². The number of nitrogens with zero attached hydrogens (tertiary/aromatic N) is 5. The van der Waals surface area contributed by atoms with Crippen LogP contribution >= 0.6 is 0 Å². The third-order valence-electron chi connectivity index (χ3n) is 5.61. The average molecular weight is 405 g/mol. The highest BCUT2D eigenvalue weighted by atomic mass is 16.2. The highest BCUT2D eigenvalue weighted by Crippen LogP contribution is 2.20. The molecule has 1 aliphatic rings. The Kier molecular flexibility index (Phi) is 5.53. The highest BCUT2D eigenvalue weighted by Gasteiger charge is 2.27. The van der Waals surface area contributed by atoms with Crippen molar-refractivity contribution in [2.45, 2.75) is 46.6 Å². The minimum absolute atomic E-state index is 0.138. The van der Waals surface area contributed by atoms with Gasteiger partial charge in [-0.1, -0.05) is 18.2 Å². The van der Waals surface area contributed by atoms with Crippen LogP contribution in [-0.2, 0) is 11.2 Å². The molecule has 3 heterocycles. The van der Waals surface area contributed by atoms with Crippen LogP contribution in [0, 0.1) is 27.7 Å². The van der Waals surface area contributed by atoms with E-state index in [2.05, 4.69) is 32.5 Å². The molecule has 1 saturated heterocycles. The molecule has 1 atom stereocenters. The van der Waals surface area contributed by atoms with Crippen molar-refractivity contribution in [2.75, 3.05) is 18.4 Å². The van der Waals surface area contributed by atoms with Gasteiger partial charge in [-0.05, 0) is 52.3 Å². The summed E-state index contributed by atoms with van der Waals surface area (Å²) in [6.45, 7) is 9.31. The number of amides is 1. The molecule has 0 bridgehead atoms. The quantitative estimate of drug-likeness (QED) is 0.707. The first-order chi connectivity index (χ1) is 14.4. The number of carbonyl (C=O) groups is 1. The monoisotopic (exact) mass is 404 g/mol. The Bertz CT molecular complexity index is 1040. The van der Waals surface area contributed by atoms with Crippen molar-refractivity contribution in [1.29, 1.82) is 0 Å². The fourth-order valence-electron chi connectivity index (χ4n) is 4.07. The van der Waals surface area contributed by atoms with Crippen LogP contribution in [0.4, 0.5) is 5.69 Å². The summed E-state index contributed by atoms with van der Waals surface area (Å²) in [6, 6.07) is 12.4. The van der Waals surface area contributed by atoms with E-state index in [1.807, 2.05) is 56.9 Å². The lowest BCUT2D eigenvalue weighted by Crippen LogP contribution is -2.32. The van der Waals surface area contributed by atoms with E-state index in [-0.39, 0.29) is 11.9 Å². The second-order valence-corrected chi connectivity index (χ2v) is 8.02. The molecule has 1 N–H and O–H groups in total. The Balaban J connectivity index is 1.45. The summed E-state index contributed by atoms with van der Waals surface area (Å²) >= 11 is 0. The van der Waals surface area contributed by atoms with Crippen LogP contribution in [0.3, 0.4) is 0 Å². The summed E-state index contributed by atoms with van der Waals surface area (Å²) in [4.78, 5) is 24.0. The molecule has 1 fully saturated rings. The number of likely N-dealkylation sites (tertiary alicyclic amines) is 1. The molecule has 0 aliphatic carbocycles. The minimum Gasteiger partial charge on any atom is -0.380 e. The third kappa shape index (κ3) is 4.20. The van der Waals surface area contributed by atoms with Crippen molar-refractivity contribution < 1.29 is 4.79 Å². The van der Waals surface area contributed by atoms with E-state index in [1.165, 1.54) is 0 Å². The number of hydrogen-bond donors (Lipinski definition) is 1. The first-order valence-electron chi connectivity index (χ1n) is 10.4. The van der Waals surface area contributed by atoms with Gasteiger partial charge in [0.15, 0.2) is 0 Å². The first-order valence-corrected chi connectivity index (χ1v) is 10.4. The Hall–Kier alpha value is -3.22. The predicted molar refractivity (Wildman–Crippen MR) is 117 cm³/mol. The molecule has 156 valence electrons. The van der Waals surface area contributed by atoms with Crippen molar-refractivity contribution in [3.8, 4) is 5.95 Å². The van der Waals surface area contributed by atoms with E-state index >= 15 is 0 Å². The van der Waals surface area contributed by atoms with Crippen LogP contribution in [0.25, 0.3) is 5.95 Å². The molecule has 1 unspecified atom stereocenters. The molecule has 0 spiro atoms. The van der Waals surface area contributed by atoms with E-state index in [4.69, 9.17) is 0 Å². The maximum Gasteiger partial charge on any atom is 0.251 e. The molecule has 1 amide bonds. The van der Waals surface area contributed by atoms with Crippen molar-refractivity contribution in [1.82, 2.24) is 24.6 Å². The lowest BCUT2D eigenvalue weighted by molar-refractivity contribution is -0.129. The Morgan fingerprint density at radius 2 is 1.80 bits per heavy atom. The summed E-state index contributed by atoms with van der Waals surface area (Å²) in [5, 5.41) is 8.14. The Morgan fingerprint density at radius 1 is 1.10 bits per heavy atom. The van der Waals surface area contributed by atoms with Gasteiger partial charge in [0.1, 0.15) is 0 Å². The Morgan fingerprint density at radius 3 is 2.50 bits per heavy atom. The molecule has 1 aromatic carbocycles. The second-order valence-electron chi connectivity index (χ2n) is 8.02. The van der Waals surface area contributed by atoms with E-state index in [9.17, 15) is 4.79 Å². The van der Waals surface area contributed by atoms with E-state index < -0.39 is 0 Å². The van der Waals surface area contributed by atoms with Crippen molar-refractivity contribution in [3.05, 3.63) is 64.7 Å². The molecule has 7 heteroatoms. The van der Waals surface area contributed by atoms with Gasteiger partial charge < -0.3 is 10.2 Å². The summed E-state index contributed by atoms with van der Waals surface area (Å²) < 4.78 is 1.75. The van der Waals surface area contributed by atoms with Crippen molar-refractivity contribution in [2.24, 2.45) is 0 Å². The zero-order valence-electron chi connectivity index (χ0n) is 18.0. The summed E-state index contributed by atoms with van der Waals surface area (Å²) in [5.74, 6) is 0.694. The van der Waals surface area contributed by atoms with E-state index in [0.29, 0.717) is 12.4 Å². The van der Waals surface area contributed by atoms with Crippen LogP contribution in [0.5, 0.6) is 0 Å². The number of nitrogens with one attached hydrogen (secondary N) is 1. The number of carbonyl (C=O) groups excluding carboxylic acids is 1. The van der Waals surface area contributed by atoms with Crippen molar-refractivity contribution in [3.63, 3.8) is 0 Å². The second kappa shape index (κ2) is 8.26. The van der Waals surface area contributed by atoms with Gasteiger partial charge in [0.05, 0.1) is 12.1 Å². The smallest absolute Gasteiger partial charge is 0.251 e. The molecule has 7 nitrogen and oxygen atoms in total. The maximum absolute atomic E-state index is 13.0. The van der Waals surface area contributed by atoms with Crippen LogP contribution in [-0.4, -0.2) is 49.7 Å². The third-order valence-corrected chi connectivity index (χ3v) is 5.61. The van der Waals surface area contributed by atoms with Gasteiger partial charge in [-0.25, -0.2) is 14.6 Å². The number of rotatable bonds is 5. The standard InChI is InChI=1S/C23H28N6O/c1-15-12-16(2)25-23(24-15)29-18(4)21(17(3)27-29)13-22(30)28-11-10-20(14-28)26-19-8-6-5-7-9-19/h5-9,12,20,26H,10-11,13-14H2,1-4H3. The lowest BCUT2D eigenvalue weighted by Gasteiger charge is -2.18. The molecular formula is C23H28N6O. The van der Waals surface area contributed by atoms with Crippen LogP contribution in [0.15, 0.2) is 36.4 Å². The molecule has 30 heavy (non-hydrogen) atoms. The van der Waals surface area contributed by atoms with Crippen molar-refractivity contribution >= 4 is 11.6 Å². The summed E-state index contributed by atoms with van der Waals surface area (Å²) in [6.07, 6.45) is 1.30. The molecule has 4 rings (SSSR count). The fourth-order valence-corrected chi connectivity index (χ4v) is 4.07. The first kappa shape index (κ1) is 20.1. The zero-order chi connectivity index (χ0) is 21.3. The van der Waals surface area contributed by atoms with Crippen LogP contribution < -0.4 is 5.32 Å². The molecule has 0 saturated carbocycles. The number of hydrogen-bond acceptors (Lipinski definition) is 5. The van der Waals surface area contributed by atoms with Gasteiger partial charge in [-0.15, -0.1) is 0 Å². The number of anilines is 1. The molecular weight excluding hydrogens is 376 g/mol. The number of aryl methyl sites for hydroxylation is 3. The summed E-state index contributed by atoms with van der Waals surface area (Å²) in [7, 11) is 0. The van der Waals surface area contributed by atoms with Gasteiger partial charge in [0.2, 0.25) is 5.91 Å². The predicted octanol–water partition coefficient (Wildman–Crippen LogP) is 3.15. The van der Waals surface area contributed by atoms with Crippen LogP contribution in [0.1, 0.15) is 34.8 Å². The maximum atomic E-state index is 13.0. The SMILES string of the molecule is Cc1cc(C)nc(-n2nc(C)c(CC(=O)N3CCC(Nc4ccccc4)C3)c2C)n1. The number of aromatic nitrogens is 4. The van der Waals surface area contributed by atoms with Gasteiger partial charge in [0, 0.05) is 47.5 Å². The topological polar surface area (TPSA) is 75.9 Å². The summed E-state index contributed by atoms with van der Waals surface area (Å²) in [5.41, 5.74) is 5.62. The Labute approximate surface area is 177 Å². The van der Waals surface area contributed by atoms with Gasteiger partial charge in [-0.3, -0.25) is 4.79 Å². The molecule has 1 aliphatic heterocycles. The van der Waals surface area contributed by atoms with E-state index in [0.717, 1.165) is 53.5 Å². The molecule has 3 aromatic rings. The van der Waals surface area contributed by atoms with Gasteiger partial charge in [-0.2, -0.15) is 5.10 Å². The average Bonchev–Trinajstić information content (AvgIpc) is 3.28. The molecule has 2 aromatic heterocycles. The fraction of sp³-hybridized carbons (Fsp3) is 0.391. The normalized spacial score (nSPS) is 16.1. The molecule has 0 radical (unpaired) electrons. The highest BCUT2D eigenvalue weighted by molar-refractivity contribution is 5.79. The lowest BCUT2D eigenvalue weighted by atomic mass is 10.1. The largest absolute Gasteiger partial charge is 0.380 e. The van der Waals surface area contributed by atoms with Crippen LogP contribution in [0.2, 0.25) is 0 Å². The van der Waals surface area contributed by atoms with E-state index in [1.54, 1.807) is 4.68 Å². The van der Waals surface area contributed by atoms with Gasteiger partial charge in [0.25, 0.3) is 5.95 Å². The number of para-hydroxylation sites is 1. The zero-order valence-corrected chi connectivity index (χ0v) is 18.0. The number of benzene rings is 1. The minimum atomic E-state index is 0.138.